The second-order valence-corrected chi connectivity index (χ2v) is 4.11. The average molecular weight is 267 g/mol. The number of hydrogen-bond donors (Lipinski definition) is 1. The Hall–Kier alpha value is -2.51. The minimum atomic E-state index is -0.860. The first-order chi connectivity index (χ1) is 8.90. The van der Waals surface area contributed by atoms with Crippen LogP contribution in [0.3, 0.4) is 0 Å². The molecule has 0 aliphatic carbocycles. The second kappa shape index (κ2) is 4.63. The minimum absolute atomic E-state index is 0.00727. The molecule has 100 valence electrons. The van der Waals surface area contributed by atoms with Gasteiger partial charge in [-0.25, -0.2) is 4.39 Å². The molecule has 0 bridgehead atoms. The van der Waals surface area contributed by atoms with Gasteiger partial charge in [0.2, 0.25) is 5.91 Å². The molecule has 0 radical (unpaired) electrons. The van der Waals surface area contributed by atoms with Gasteiger partial charge in [0.15, 0.2) is 0 Å². The Morgan fingerprint density at radius 2 is 2.16 bits per heavy atom. The van der Waals surface area contributed by atoms with Gasteiger partial charge < -0.3 is 5.32 Å². The van der Waals surface area contributed by atoms with Gasteiger partial charge in [0.05, 0.1) is 17.4 Å². The molecule has 0 aromatic heterocycles. The molecule has 2 amide bonds. The standard InChI is InChI=1S/C11H10FN3O4/c1-14-10(16)5-8(11(14)17)13-7-3-2-6(12)4-9(7)15(18)19/h2-4,8,13H,5H2,1H3. The highest BCUT2D eigenvalue weighted by Gasteiger charge is 2.36. The zero-order chi connectivity index (χ0) is 14.2. The number of halogens is 1. The first kappa shape index (κ1) is 12.9. The zero-order valence-corrected chi connectivity index (χ0v) is 9.92. The molecule has 2 rings (SSSR count). The molecule has 1 atom stereocenters. The van der Waals surface area contributed by atoms with E-state index < -0.39 is 28.4 Å². The number of nitrogens with one attached hydrogen (secondary N) is 1. The number of carbonyl (C=O) groups is 2. The molecule has 1 aromatic carbocycles. The summed E-state index contributed by atoms with van der Waals surface area (Å²) in [7, 11) is 1.34. The highest BCUT2D eigenvalue weighted by atomic mass is 19.1. The number of likely N-dealkylation sites (N-methyl/N-ethyl adjacent to an activating group) is 1. The van der Waals surface area contributed by atoms with E-state index in [9.17, 15) is 24.1 Å². The highest BCUT2D eigenvalue weighted by molar-refractivity contribution is 6.06. The van der Waals surface area contributed by atoms with Crippen molar-refractivity contribution in [3.05, 3.63) is 34.1 Å². The van der Waals surface area contributed by atoms with Gasteiger partial charge in [0.25, 0.3) is 11.6 Å². The number of nitrogens with zero attached hydrogens (tertiary/aromatic N) is 2. The third-order valence-corrected chi connectivity index (χ3v) is 2.87. The Balaban J connectivity index is 2.27. The summed E-state index contributed by atoms with van der Waals surface area (Å²) in [6.45, 7) is 0. The van der Waals surface area contributed by atoms with E-state index in [2.05, 4.69) is 5.32 Å². The fraction of sp³-hybridized carbons (Fsp3) is 0.273. The summed E-state index contributed by atoms with van der Waals surface area (Å²) in [4.78, 5) is 34.0. The van der Waals surface area contributed by atoms with E-state index in [4.69, 9.17) is 0 Å². The first-order valence-electron chi connectivity index (χ1n) is 5.41. The van der Waals surface area contributed by atoms with E-state index in [0.29, 0.717) is 0 Å². The molecule has 1 unspecified atom stereocenters. The summed E-state index contributed by atoms with van der Waals surface area (Å²) in [5.41, 5.74) is -0.470. The van der Waals surface area contributed by atoms with Crippen molar-refractivity contribution in [2.75, 3.05) is 12.4 Å². The van der Waals surface area contributed by atoms with Crippen molar-refractivity contribution in [1.29, 1.82) is 0 Å². The van der Waals surface area contributed by atoms with Gasteiger partial charge in [-0.2, -0.15) is 0 Å². The van der Waals surface area contributed by atoms with Crippen LogP contribution in [0.4, 0.5) is 15.8 Å². The Bertz CT molecular complexity index is 575. The molecule has 0 spiro atoms. The van der Waals surface area contributed by atoms with Gasteiger partial charge in [-0.05, 0) is 12.1 Å². The molecule has 1 aromatic rings. The van der Waals surface area contributed by atoms with Crippen LogP contribution in [0.25, 0.3) is 0 Å². The van der Waals surface area contributed by atoms with Gasteiger partial charge in [0, 0.05) is 7.05 Å². The number of nitro groups is 1. The van der Waals surface area contributed by atoms with Gasteiger partial charge in [0.1, 0.15) is 17.5 Å². The van der Waals surface area contributed by atoms with Crippen molar-refractivity contribution in [3.8, 4) is 0 Å². The normalized spacial score (nSPS) is 18.8. The van der Waals surface area contributed by atoms with Crippen LogP contribution in [0.5, 0.6) is 0 Å². The quantitative estimate of drug-likeness (QED) is 0.499. The van der Waals surface area contributed by atoms with E-state index >= 15 is 0 Å². The van der Waals surface area contributed by atoms with Crippen molar-refractivity contribution in [2.24, 2.45) is 0 Å². The second-order valence-electron chi connectivity index (χ2n) is 4.11. The van der Waals surface area contributed by atoms with Crippen LogP contribution in [0.1, 0.15) is 6.42 Å². The van der Waals surface area contributed by atoms with Crippen molar-refractivity contribution in [3.63, 3.8) is 0 Å². The number of benzene rings is 1. The smallest absolute Gasteiger partial charge is 0.295 e. The van der Waals surface area contributed by atoms with Gasteiger partial charge in [-0.3, -0.25) is 24.6 Å². The Kier molecular flexibility index (Phi) is 3.16. The van der Waals surface area contributed by atoms with Crippen molar-refractivity contribution in [1.82, 2.24) is 4.90 Å². The minimum Gasteiger partial charge on any atom is -0.368 e. The first-order valence-corrected chi connectivity index (χ1v) is 5.41. The molecule has 1 saturated heterocycles. The molecule has 0 saturated carbocycles. The summed E-state index contributed by atoms with van der Waals surface area (Å²) in [6.07, 6.45) is -0.0795. The molecule has 1 N–H and O–H groups in total. The van der Waals surface area contributed by atoms with Crippen LogP contribution in [0.15, 0.2) is 18.2 Å². The Labute approximate surface area is 107 Å². The fourth-order valence-electron chi connectivity index (χ4n) is 1.83. The van der Waals surface area contributed by atoms with Gasteiger partial charge >= 0.3 is 0 Å². The number of hydrogen-bond acceptors (Lipinski definition) is 5. The van der Waals surface area contributed by atoms with Crippen LogP contribution in [-0.4, -0.2) is 34.7 Å². The summed E-state index contributed by atoms with van der Waals surface area (Å²) in [5, 5.41) is 13.4. The van der Waals surface area contributed by atoms with Crippen molar-refractivity contribution >= 4 is 23.2 Å². The number of rotatable bonds is 3. The zero-order valence-electron chi connectivity index (χ0n) is 9.92. The fourth-order valence-corrected chi connectivity index (χ4v) is 1.83. The van der Waals surface area contributed by atoms with Crippen LogP contribution in [0, 0.1) is 15.9 Å². The maximum Gasteiger partial charge on any atom is 0.295 e. The molecular formula is C11H10FN3O4. The number of amides is 2. The molecule has 7 nitrogen and oxygen atoms in total. The lowest BCUT2D eigenvalue weighted by molar-refractivity contribution is -0.384. The van der Waals surface area contributed by atoms with E-state index in [0.717, 1.165) is 17.0 Å². The third-order valence-electron chi connectivity index (χ3n) is 2.87. The summed E-state index contributed by atoms with van der Waals surface area (Å²) in [5.74, 6) is -1.58. The molecule has 1 heterocycles. The number of nitro benzene ring substituents is 1. The third kappa shape index (κ3) is 2.37. The Morgan fingerprint density at radius 1 is 1.47 bits per heavy atom. The summed E-state index contributed by atoms with van der Waals surface area (Å²) < 4.78 is 13.0. The lowest BCUT2D eigenvalue weighted by atomic mass is 10.2. The maximum atomic E-state index is 13.0. The van der Waals surface area contributed by atoms with Crippen LogP contribution >= 0.6 is 0 Å². The van der Waals surface area contributed by atoms with E-state index in [-0.39, 0.29) is 18.0 Å². The molecule has 1 aliphatic rings. The summed E-state index contributed by atoms with van der Waals surface area (Å²) in [6, 6.07) is 2.11. The molecule has 19 heavy (non-hydrogen) atoms. The molecule has 1 aliphatic heterocycles. The topological polar surface area (TPSA) is 92.6 Å². The average Bonchev–Trinajstić information content (AvgIpc) is 2.59. The lowest BCUT2D eigenvalue weighted by Gasteiger charge is -2.12. The van der Waals surface area contributed by atoms with Gasteiger partial charge in [-0.15, -0.1) is 0 Å². The molecule has 1 fully saturated rings. The monoisotopic (exact) mass is 267 g/mol. The van der Waals surface area contributed by atoms with Gasteiger partial charge in [-0.1, -0.05) is 0 Å². The number of imide groups is 1. The van der Waals surface area contributed by atoms with E-state index in [1.807, 2.05) is 0 Å². The largest absolute Gasteiger partial charge is 0.368 e. The lowest BCUT2D eigenvalue weighted by Crippen LogP contribution is -2.31. The summed E-state index contributed by atoms with van der Waals surface area (Å²) >= 11 is 0. The maximum absolute atomic E-state index is 13.0. The number of likely N-dealkylation sites (tertiary alicyclic amines) is 1. The SMILES string of the molecule is CN1C(=O)CC(Nc2ccc(F)cc2[N+](=O)[O-])C1=O. The van der Waals surface area contributed by atoms with E-state index in [1.54, 1.807) is 0 Å². The van der Waals surface area contributed by atoms with Crippen LogP contribution < -0.4 is 5.32 Å². The van der Waals surface area contributed by atoms with Crippen molar-refractivity contribution in [2.45, 2.75) is 12.5 Å². The van der Waals surface area contributed by atoms with Crippen LogP contribution in [-0.2, 0) is 9.59 Å². The predicted molar refractivity (Wildman–Crippen MR) is 62.9 cm³/mol. The van der Waals surface area contributed by atoms with Crippen molar-refractivity contribution < 1.29 is 18.9 Å². The molecular weight excluding hydrogens is 257 g/mol. The Morgan fingerprint density at radius 3 is 2.68 bits per heavy atom. The van der Waals surface area contributed by atoms with Crippen LogP contribution in [0.2, 0.25) is 0 Å². The number of anilines is 1. The molecule has 8 heteroatoms. The number of carbonyl (C=O) groups excluding carboxylic acids is 2. The van der Waals surface area contributed by atoms with E-state index in [1.165, 1.54) is 13.1 Å². The predicted octanol–water partition coefficient (Wildman–Crippen LogP) is 0.903. The highest BCUT2D eigenvalue weighted by Crippen LogP contribution is 2.27.